The van der Waals surface area contributed by atoms with Crippen molar-refractivity contribution in [2.45, 2.75) is 25.8 Å². The maximum Gasteiger partial charge on any atom is 0.303 e. The van der Waals surface area contributed by atoms with Crippen molar-refractivity contribution in [2.24, 2.45) is 5.73 Å². The van der Waals surface area contributed by atoms with E-state index in [0.29, 0.717) is 5.75 Å². The molecule has 1 atom stereocenters. The van der Waals surface area contributed by atoms with Crippen LogP contribution in [0.3, 0.4) is 0 Å². The summed E-state index contributed by atoms with van der Waals surface area (Å²) in [6.45, 7) is 1.75. The first-order chi connectivity index (χ1) is 7.95. The Bertz CT molecular complexity index is 420. The Morgan fingerprint density at radius 2 is 2.24 bits per heavy atom. The van der Waals surface area contributed by atoms with E-state index in [0.717, 1.165) is 5.56 Å². The Morgan fingerprint density at radius 1 is 1.59 bits per heavy atom. The van der Waals surface area contributed by atoms with Crippen molar-refractivity contribution < 1.29 is 19.0 Å². The summed E-state index contributed by atoms with van der Waals surface area (Å²) in [5.41, 5.74) is 6.75. The topological polar surface area (TPSA) is 72.5 Å². The molecule has 0 saturated carbocycles. The van der Waals surface area contributed by atoms with Gasteiger partial charge in [-0.1, -0.05) is 0 Å². The van der Waals surface area contributed by atoms with Gasteiger partial charge in [-0.15, -0.1) is 0 Å². The molecule has 0 aromatic heterocycles. The van der Waals surface area contributed by atoms with Crippen LogP contribution in [-0.2, 0) is 4.79 Å². The van der Waals surface area contributed by atoms with Gasteiger partial charge in [-0.2, -0.15) is 0 Å². The summed E-state index contributed by atoms with van der Waals surface area (Å²) in [5.74, 6) is -1.05. The average molecular weight is 241 g/mol. The molecule has 0 radical (unpaired) electrons. The van der Waals surface area contributed by atoms with E-state index in [1.54, 1.807) is 13.0 Å². The van der Waals surface area contributed by atoms with Gasteiger partial charge in [-0.05, 0) is 31.0 Å². The second kappa shape index (κ2) is 5.63. The first-order valence-corrected chi connectivity index (χ1v) is 5.27. The number of carbonyl (C=O) groups is 1. The zero-order valence-corrected chi connectivity index (χ0v) is 9.87. The number of methoxy groups -OCH3 is 1. The number of aryl methyl sites for hydroxylation is 1. The van der Waals surface area contributed by atoms with E-state index in [9.17, 15) is 9.18 Å². The van der Waals surface area contributed by atoms with Gasteiger partial charge in [0.25, 0.3) is 0 Å². The summed E-state index contributed by atoms with van der Waals surface area (Å²) in [6.07, 6.45) is 0.0727. The first kappa shape index (κ1) is 13.4. The van der Waals surface area contributed by atoms with Gasteiger partial charge in [0.05, 0.1) is 7.11 Å². The minimum absolute atomic E-state index is 0.0996. The third-order valence-corrected chi connectivity index (χ3v) is 2.50. The molecule has 94 valence electrons. The number of carboxylic acids is 1. The van der Waals surface area contributed by atoms with E-state index >= 15 is 0 Å². The molecule has 0 fully saturated rings. The molecule has 0 aliphatic rings. The van der Waals surface area contributed by atoms with Crippen LogP contribution in [0, 0.1) is 12.7 Å². The first-order valence-electron chi connectivity index (χ1n) is 5.27. The number of halogens is 1. The molecule has 0 aliphatic carbocycles. The van der Waals surface area contributed by atoms with Crippen molar-refractivity contribution in [3.8, 4) is 5.75 Å². The van der Waals surface area contributed by atoms with Crippen molar-refractivity contribution in [1.29, 1.82) is 0 Å². The van der Waals surface area contributed by atoms with Crippen molar-refractivity contribution in [1.82, 2.24) is 0 Å². The summed E-state index contributed by atoms with van der Waals surface area (Å²) in [6, 6.07) is 2.36. The smallest absolute Gasteiger partial charge is 0.303 e. The number of benzene rings is 1. The predicted octanol–water partition coefficient (Wildman–Crippen LogP) is 2.01. The highest BCUT2D eigenvalue weighted by Crippen LogP contribution is 2.30. The maximum absolute atomic E-state index is 13.8. The largest absolute Gasteiger partial charge is 0.496 e. The molecule has 0 amide bonds. The Labute approximate surface area is 99.2 Å². The van der Waals surface area contributed by atoms with E-state index in [4.69, 9.17) is 15.6 Å². The van der Waals surface area contributed by atoms with Gasteiger partial charge in [-0.25, -0.2) is 4.39 Å². The zero-order chi connectivity index (χ0) is 13.0. The van der Waals surface area contributed by atoms with Crippen molar-refractivity contribution in [2.75, 3.05) is 7.11 Å². The third-order valence-electron chi connectivity index (χ3n) is 2.50. The minimum atomic E-state index is -0.952. The number of carboxylic acid groups (broad SMARTS) is 1. The van der Waals surface area contributed by atoms with E-state index in [2.05, 4.69) is 0 Å². The number of hydrogen-bond donors (Lipinski definition) is 2. The van der Waals surface area contributed by atoms with Gasteiger partial charge in [0.1, 0.15) is 11.6 Å². The Kier molecular flexibility index (Phi) is 4.45. The lowest BCUT2D eigenvalue weighted by atomic mass is 9.99. The molecule has 0 saturated heterocycles. The molecule has 1 rings (SSSR count). The number of hydrogen-bond acceptors (Lipinski definition) is 3. The Hall–Kier alpha value is -1.62. The van der Waals surface area contributed by atoms with Gasteiger partial charge in [0, 0.05) is 18.0 Å². The van der Waals surface area contributed by atoms with Gasteiger partial charge < -0.3 is 15.6 Å². The van der Waals surface area contributed by atoms with Crippen LogP contribution in [0.25, 0.3) is 0 Å². The zero-order valence-electron chi connectivity index (χ0n) is 9.87. The highest BCUT2D eigenvalue weighted by Gasteiger charge is 2.18. The van der Waals surface area contributed by atoms with E-state index < -0.39 is 17.8 Å². The summed E-state index contributed by atoms with van der Waals surface area (Å²) >= 11 is 0. The average Bonchev–Trinajstić information content (AvgIpc) is 2.24. The second-order valence-electron chi connectivity index (χ2n) is 3.90. The van der Waals surface area contributed by atoms with Crippen LogP contribution < -0.4 is 10.5 Å². The van der Waals surface area contributed by atoms with E-state index in [1.807, 2.05) is 0 Å². The molecule has 3 N–H and O–H groups in total. The number of nitrogens with two attached hydrogens (primary N) is 1. The van der Waals surface area contributed by atoms with Crippen LogP contribution in [0.5, 0.6) is 5.75 Å². The molecule has 4 nitrogen and oxygen atoms in total. The lowest BCUT2D eigenvalue weighted by molar-refractivity contribution is -0.137. The monoisotopic (exact) mass is 241 g/mol. The van der Waals surface area contributed by atoms with Crippen LogP contribution in [0.2, 0.25) is 0 Å². The highest BCUT2D eigenvalue weighted by molar-refractivity contribution is 5.66. The van der Waals surface area contributed by atoms with Crippen molar-refractivity contribution >= 4 is 5.97 Å². The molecule has 0 spiro atoms. The van der Waals surface area contributed by atoms with Gasteiger partial charge in [-0.3, -0.25) is 4.79 Å². The summed E-state index contributed by atoms with van der Waals surface area (Å²) in [7, 11) is 1.43. The molecular weight excluding hydrogens is 225 g/mol. The fraction of sp³-hybridized carbons (Fsp3) is 0.417. The highest BCUT2D eigenvalue weighted by atomic mass is 19.1. The Balaban J connectivity index is 2.99. The van der Waals surface area contributed by atoms with Crippen LogP contribution in [0.15, 0.2) is 12.1 Å². The molecular formula is C12H16FNO3. The number of rotatable bonds is 5. The molecule has 0 aliphatic heterocycles. The lowest BCUT2D eigenvalue weighted by Gasteiger charge is -2.16. The van der Waals surface area contributed by atoms with Crippen LogP contribution in [-0.4, -0.2) is 18.2 Å². The minimum Gasteiger partial charge on any atom is -0.496 e. The van der Waals surface area contributed by atoms with Gasteiger partial charge >= 0.3 is 5.97 Å². The van der Waals surface area contributed by atoms with Gasteiger partial charge in [0.15, 0.2) is 0 Å². The standard InChI is InChI=1S/C12H16FNO3/c1-7-5-8(13)12(10(6-7)17-2)9(14)3-4-11(15)16/h5-6,9H,3-4,14H2,1-2H3,(H,15,16). The maximum atomic E-state index is 13.8. The van der Waals surface area contributed by atoms with E-state index in [1.165, 1.54) is 13.2 Å². The Morgan fingerprint density at radius 3 is 2.76 bits per heavy atom. The third kappa shape index (κ3) is 3.42. The lowest BCUT2D eigenvalue weighted by Crippen LogP contribution is -2.15. The molecule has 0 heterocycles. The molecule has 1 aromatic rings. The fourth-order valence-electron chi connectivity index (χ4n) is 1.67. The summed E-state index contributed by atoms with van der Waals surface area (Å²) < 4.78 is 18.8. The molecule has 5 heteroatoms. The van der Waals surface area contributed by atoms with Crippen molar-refractivity contribution in [3.63, 3.8) is 0 Å². The van der Waals surface area contributed by atoms with Crippen molar-refractivity contribution in [3.05, 3.63) is 29.1 Å². The quantitative estimate of drug-likeness (QED) is 0.827. The van der Waals surface area contributed by atoms with Crippen LogP contribution >= 0.6 is 0 Å². The SMILES string of the molecule is COc1cc(C)cc(F)c1C(N)CCC(=O)O. The second-order valence-corrected chi connectivity index (χ2v) is 3.90. The molecule has 1 aromatic carbocycles. The molecule has 1 unspecified atom stereocenters. The predicted molar refractivity (Wildman–Crippen MR) is 61.5 cm³/mol. The molecule has 0 bridgehead atoms. The fourth-order valence-corrected chi connectivity index (χ4v) is 1.67. The van der Waals surface area contributed by atoms with Crippen LogP contribution in [0.1, 0.15) is 30.0 Å². The summed E-state index contributed by atoms with van der Waals surface area (Å²) in [5, 5.41) is 8.57. The van der Waals surface area contributed by atoms with Gasteiger partial charge in [0.2, 0.25) is 0 Å². The summed E-state index contributed by atoms with van der Waals surface area (Å²) in [4.78, 5) is 10.4. The number of ether oxygens (including phenoxy) is 1. The molecule has 17 heavy (non-hydrogen) atoms. The normalized spacial score (nSPS) is 12.2. The number of aliphatic carboxylic acids is 1. The van der Waals surface area contributed by atoms with E-state index in [-0.39, 0.29) is 18.4 Å². The van der Waals surface area contributed by atoms with Crippen LogP contribution in [0.4, 0.5) is 4.39 Å².